The summed E-state index contributed by atoms with van der Waals surface area (Å²) in [6.45, 7) is 5.39. The van der Waals surface area contributed by atoms with Crippen molar-refractivity contribution in [3.63, 3.8) is 0 Å². The number of carbonyl (C=O) groups is 3. The summed E-state index contributed by atoms with van der Waals surface area (Å²) in [5.41, 5.74) is 2.48. The maximum Gasteiger partial charge on any atom is 0.338 e. The van der Waals surface area contributed by atoms with Gasteiger partial charge in [0.15, 0.2) is 0 Å². The van der Waals surface area contributed by atoms with E-state index in [2.05, 4.69) is 0 Å². The third-order valence-electron chi connectivity index (χ3n) is 5.62. The molecule has 178 valence electrons. The van der Waals surface area contributed by atoms with E-state index >= 15 is 0 Å². The Balaban J connectivity index is 1.89. The Morgan fingerprint density at radius 3 is 2.31 bits per heavy atom. The van der Waals surface area contributed by atoms with Gasteiger partial charge >= 0.3 is 5.97 Å². The minimum atomic E-state index is -0.901. The van der Waals surface area contributed by atoms with Gasteiger partial charge in [0.05, 0.1) is 23.3 Å². The second-order valence-corrected chi connectivity index (χ2v) is 9.03. The van der Waals surface area contributed by atoms with Gasteiger partial charge in [0, 0.05) is 16.3 Å². The van der Waals surface area contributed by atoms with E-state index in [1.165, 1.54) is 11.0 Å². The first-order valence-corrected chi connectivity index (χ1v) is 11.5. The summed E-state index contributed by atoms with van der Waals surface area (Å²) in [5.74, 6) is -2.46. The molecule has 1 saturated heterocycles. The summed E-state index contributed by atoms with van der Waals surface area (Å²) in [5, 5.41) is 11.6. The van der Waals surface area contributed by atoms with E-state index in [1.807, 2.05) is 25.1 Å². The number of ether oxygens (including phenoxy) is 1. The Bertz CT molecular complexity index is 1340. The fourth-order valence-corrected chi connectivity index (χ4v) is 4.21. The summed E-state index contributed by atoms with van der Waals surface area (Å²) in [7, 11) is 0. The van der Waals surface area contributed by atoms with Gasteiger partial charge in [-0.15, -0.1) is 0 Å². The van der Waals surface area contributed by atoms with E-state index in [1.54, 1.807) is 62.4 Å². The lowest BCUT2D eigenvalue weighted by molar-refractivity contribution is -0.132. The molecule has 0 saturated carbocycles. The minimum Gasteiger partial charge on any atom is -0.507 e. The first-order chi connectivity index (χ1) is 16.7. The lowest BCUT2D eigenvalue weighted by Crippen LogP contribution is -2.29. The average Bonchev–Trinajstić information content (AvgIpc) is 3.09. The molecule has 0 aromatic heterocycles. The number of rotatable bonds is 5. The number of aryl methyl sites for hydroxylation is 1. The third-order valence-corrected chi connectivity index (χ3v) is 5.87. The fraction of sp³-hybridized carbons (Fsp3) is 0.179. The molecular formula is C28H24ClNO5. The molecule has 6 nitrogen and oxygen atoms in total. The van der Waals surface area contributed by atoms with Crippen LogP contribution in [0.1, 0.15) is 46.9 Å². The van der Waals surface area contributed by atoms with E-state index in [0.29, 0.717) is 21.8 Å². The Hall–Kier alpha value is -3.90. The average molecular weight is 490 g/mol. The summed E-state index contributed by atoms with van der Waals surface area (Å²) in [4.78, 5) is 40.4. The third kappa shape index (κ3) is 4.84. The maximum absolute atomic E-state index is 13.3. The van der Waals surface area contributed by atoms with E-state index in [0.717, 1.165) is 5.56 Å². The highest BCUT2D eigenvalue weighted by molar-refractivity contribution is 6.51. The van der Waals surface area contributed by atoms with Crippen LogP contribution >= 0.6 is 11.6 Å². The molecule has 1 aliphatic rings. The Morgan fingerprint density at radius 1 is 0.971 bits per heavy atom. The van der Waals surface area contributed by atoms with Crippen LogP contribution in [0.3, 0.4) is 0 Å². The maximum atomic E-state index is 13.3. The Kier molecular flexibility index (Phi) is 6.76. The van der Waals surface area contributed by atoms with Crippen molar-refractivity contribution in [2.75, 3.05) is 4.90 Å². The molecule has 0 radical (unpaired) electrons. The number of nitrogens with zero attached hydrogens (tertiary/aromatic N) is 1. The summed E-state index contributed by atoms with van der Waals surface area (Å²) < 4.78 is 5.29. The molecule has 3 aromatic rings. The molecule has 3 aromatic carbocycles. The SMILES string of the molecule is Cc1cccc(C2/C(=C(\O)c3ccc(Cl)cc3)C(=O)C(=O)N2c2cccc(C(=O)OC(C)C)c2)c1. The second-order valence-electron chi connectivity index (χ2n) is 8.59. The normalized spacial score (nSPS) is 17.2. The van der Waals surface area contributed by atoms with Crippen LogP contribution in [0.4, 0.5) is 5.69 Å². The summed E-state index contributed by atoms with van der Waals surface area (Å²) in [6, 6.07) is 19.2. The molecule has 0 bridgehead atoms. The smallest absolute Gasteiger partial charge is 0.338 e. The lowest BCUT2D eigenvalue weighted by atomic mass is 9.94. The van der Waals surface area contributed by atoms with Crippen molar-refractivity contribution in [2.24, 2.45) is 0 Å². The number of halogens is 1. The molecule has 1 unspecified atom stereocenters. The van der Waals surface area contributed by atoms with Gasteiger partial charge in [0.1, 0.15) is 5.76 Å². The first kappa shape index (κ1) is 24.2. The van der Waals surface area contributed by atoms with Crippen LogP contribution in [-0.2, 0) is 14.3 Å². The Morgan fingerprint density at radius 2 is 1.66 bits per heavy atom. The molecule has 1 heterocycles. The van der Waals surface area contributed by atoms with E-state index in [-0.39, 0.29) is 23.0 Å². The minimum absolute atomic E-state index is 0.0434. The number of anilines is 1. The van der Waals surface area contributed by atoms with Gasteiger partial charge in [-0.2, -0.15) is 0 Å². The number of hydrogen-bond donors (Lipinski definition) is 1. The first-order valence-electron chi connectivity index (χ1n) is 11.1. The molecule has 1 amide bonds. The van der Waals surface area contributed by atoms with Gasteiger partial charge in [0.25, 0.3) is 11.7 Å². The van der Waals surface area contributed by atoms with Gasteiger partial charge in [-0.25, -0.2) is 4.79 Å². The van der Waals surface area contributed by atoms with Crippen LogP contribution in [0.5, 0.6) is 0 Å². The fourth-order valence-electron chi connectivity index (χ4n) is 4.08. The number of hydrogen-bond acceptors (Lipinski definition) is 5. The standard InChI is InChI=1S/C28H24ClNO5/c1-16(2)35-28(34)20-8-5-9-22(15-20)30-24(19-7-4-6-17(3)14-19)23(26(32)27(30)33)25(31)18-10-12-21(29)13-11-18/h4-16,24,31H,1-3H3/b25-23+. The monoisotopic (exact) mass is 489 g/mol. The topological polar surface area (TPSA) is 83.9 Å². The van der Waals surface area contributed by atoms with Crippen molar-refractivity contribution >= 4 is 40.7 Å². The number of ketones is 1. The number of aliphatic hydroxyl groups excluding tert-OH is 1. The van der Waals surface area contributed by atoms with Crippen LogP contribution in [-0.4, -0.2) is 28.9 Å². The predicted molar refractivity (Wildman–Crippen MR) is 134 cm³/mol. The van der Waals surface area contributed by atoms with Crippen molar-refractivity contribution in [1.29, 1.82) is 0 Å². The molecule has 1 atom stereocenters. The van der Waals surface area contributed by atoms with E-state index in [9.17, 15) is 19.5 Å². The molecule has 1 fully saturated rings. The van der Waals surface area contributed by atoms with Crippen LogP contribution < -0.4 is 4.90 Å². The zero-order valence-electron chi connectivity index (χ0n) is 19.5. The molecular weight excluding hydrogens is 466 g/mol. The van der Waals surface area contributed by atoms with Crippen LogP contribution in [0, 0.1) is 6.92 Å². The summed E-state index contributed by atoms with van der Waals surface area (Å²) >= 11 is 5.98. The number of esters is 1. The van der Waals surface area contributed by atoms with Crippen LogP contribution in [0.25, 0.3) is 5.76 Å². The molecule has 1 N–H and O–H groups in total. The molecule has 4 rings (SSSR count). The molecule has 1 aliphatic heterocycles. The molecule has 35 heavy (non-hydrogen) atoms. The number of benzene rings is 3. The van der Waals surface area contributed by atoms with Crippen molar-refractivity contribution in [3.8, 4) is 0 Å². The quantitative estimate of drug-likeness (QED) is 0.211. The summed E-state index contributed by atoms with van der Waals surface area (Å²) in [6.07, 6.45) is -0.313. The number of carbonyl (C=O) groups excluding carboxylic acids is 3. The molecule has 7 heteroatoms. The van der Waals surface area contributed by atoms with Crippen molar-refractivity contribution in [2.45, 2.75) is 32.9 Å². The van der Waals surface area contributed by atoms with Gasteiger partial charge in [-0.3, -0.25) is 14.5 Å². The van der Waals surface area contributed by atoms with Gasteiger partial charge in [-0.05, 0) is 68.8 Å². The number of aliphatic hydroxyl groups is 1. The highest BCUT2D eigenvalue weighted by atomic mass is 35.5. The van der Waals surface area contributed by atoms with Crippen molar-refractivity contribution in [1.82, 2.24) is 0 Å². The second kappa shape index (κ2) is 9.76. The van der Waals surface area contributed by atoms with Gasteiger partial charge in [0.2, 0.25) is 0 Å². The molecule has 0 spiro atoms. The largest absolute Gasteiger partial charge is 0.507 e. The van der Waals surface area contributed by atoms with Crippen LogP contribution in [0.2, 0.25) is 5.02 Å². The van der Waals surface area contributed by atoms with Crippen molar-refractivity contribution in [3.05, 3.63) is 106 Å². The van der Waals surface area contributed by atoms with Crippen LogP contribution in [0.15, 0.2) is 78.4 Å². The molecule has 0 aliphatic carbocycles. The van der Waals surface area contributed by atoms with Crippen molar-refractivity contribution < 1.29 is 24.2 Å². The Labute approximate surface area is 208 Å². The zero-order valence-corrected chi connectivity index (χ0v) is 20.2. The van der Waals surface area contributed by atoms with E-state index < -0.39 is 23.7 Å². The van der Waals surface area contributed by atoms with E-state index in [4.69, 9.17) is 16.3 Å². The lowest BCUT2D eigenvalue weighted by Gasteiger charge is -2.26. The van der Waals surface area contributed by atoms with Gasteiger partial charge in [-0.1, -0.05) is 47.5 Å². The number of amides is 1. The predicted octanol–water partition coefficient (Wildman–Crippen LogP) is 5.84. The highest BCUT2D eigenvalue weighted by Crippen LogP contribution is 2.42. The zero-order chi connectivity index (χ0) is 25.3. The number of Topliss-reactive ketones (excluding diaryl/α,β-unsaturated/α-hetero) is 1. The highest BCUT2D eigenvalue weighted by Gasteiger charge is 2.47. The van der Waals surface area contributed by atoms with Gasteiger partial charge < -0.3 is 9.84 Å².